The third-order valence-electron chi connectivity index (χ3n) is 4.72. The summed E-state index contributed by atoms with van der Waals surface area (Å²) in [4.78, 5) is 24.4. The van der Waals surface area contributed by atoms with Gasteiger partial charge in [-0.15, -0.1) is 0 Å². The molecule has 3 rings (SSSR count). The zero-order valence-corrected chi connectivity index (χ0v) is 15.2. The zero-order chi connectivity index (χ0) is 18.5. The van der Waals surface area contributed by atoms with Gasteiger partial charge in [-0.05, 0) is 30.2 Å². The number of hydrogen-bond acceptors (Lipinski definition) is 4. The number of aryl methyl sites for hydroxylation is 1. The van der Waals surface area contributed by atoms with Crippen molar-refractivity contribution in [3.05, 3.63) is 53.3 Å². The number of amides is 2. The van der Waals surface area contributed by atoms with Crippen LogP contribution in [0, 0.1) is 5.92 Å². The normalized spacial score (nSPS) is 19.3. The summed E-state index contributed by atoms with van der Waals surface area (Å²) in [5, 5.41) is 13.3. The Kier molecular flexibility index (Phi) is 5.68. The van der Waals surface area contributed by atoms with E-state index in [1.165, 1.54) is 0 Å². The summed E-state index contributed by atoms with van der Waals surface area (Å²) >= 11 is 0. The monoisotopic (exact) mass is 355 g/mol. The Balaban J connectivity index is 1.57. The third-order valence-corrected chi connectivity index (χ3v) is 4.72. The van der Waals surface area contributed by atoms with Crippen LogP contribution in [0.1, 0.15) is 34.3 Å². The molecule has 3 N–H and O–H groups in total. The fourth-order valence-electron chi connectivity index (χ4n) is 3.29. The Labute approximate surface area is 153 Å². The molecule has 0 radical (unpaired) electrons. The highest BCUT2D eigenvalue weighted by Gasteiger charge is 2.34. The third kappa shape index (κ3) is 4.11. The van der Waals surface area contributed by atoms with E-state index in [1.807, 2.05) is 38.5 Å². The van der Waals surface area contributed by atoms with Crippen molar-refractivity contribution in [2.75, 3.05) is 19.6 Å². The van der Waals surface area contributed by atoms with Crippen molar-refractivity contribution in [2.45, 2.75) is 19.4 Å². The van der Waals surface area contributed by atoms with E-state index < -0.39 is 0 Å². The summed E-state index contributed by atoms with van der Waals surface area (Å²) in [6, 6.07) is 7.30. The van der Waals surface area contributed by atoms with Gasteiger partial charge < -0.3 is 16.0 Å². The summed E-state index contributed by atoms with van der Waals surface area (Å²) < 4.78 is 1.76. The van der Waals surface area contributed by atoms with Gasteiger partial charge in [-0.2, -0.15) is 5.10 Å². The van der Waals surface area contributed by atoms with E-state index in [0.717, 1.165) is 17.7 Å². The molecule has 1 aromatic carbocycles. The Bertz CT molecular complexity index is 768. The number of benzene rings is 1. The second-order valence-electron chi connectivity index (χ2n) is 6.59. The van der Waals surface area contributed by atoms with Crippen LogP contribution in [0.25, 0.3) is 0 Å². The van der Waals surface area contributed by atoms with Crippen LogP contribution in [0.15, 0.2) is 36.7 Å². The highest BCUT2D eigenvalue weighted by Crippen LogP contribution is 2.27. The van der Waals surface area contributed by atoms with Gasteiger partial charge >= 0.3 is 0 Å². The highest BCUT2D eigenvalue weighted by molar-refractivity contribution is 5.94. The minimum absolute atomic E-state index is 0.0386. The molecule has 1 aliphatic heterocycles. The summed E-state index contributed by atoms with van der Waals surface area (Å²) in [7, 11) is 1.88. The molecule has 1 fully saturated rings. The van der Waals surface area contributed by atoms with Crippen molar-refractivity contribution < 1.29 is 9.59 Å². The molecule has 26 heavy (non-hydrogen) atoms. The van der Waals surface area contributed by atoms with Gasteiger partial charge in [0.15, 0.2) is 0 Å². The van der Waals surface area contributed by atoms with Gasteiger partial charge in [-0.25, -0.2) is 0 Å². The van der Waals surface area contributed by atoms with Crippen LogP contribution >= 0.6 is 0 Å². The first-order valence-corrected chi connectivity index (χ1v) is 8.92. The molecule has 2 heterocycles. The molecule has 2 amide bonds. The molecule has 0 saturated carbocycles. The van der Waals surface area contributed by atoms with Crippen LogP contribution in [-0.4, -0.2) is 41.2 Å². The van der Waals surface area contributed by atoms with Crippen molar-refractivity contribution in [3.63, 3.8) is 0 Å². The first-order valence-electron chi connectivity index (χ1n) is 8.92. The maximum Gasteiger partial charge on any atom is 0.251 e. The predicted octanol–water partition coefficient (Wildman–Crippen LogP) is 0.789. The van der Waals surface area contributed by atoms with E-state index in [1.54, 1.807) is 16.8 Å². The smallest absolute Gasteiger partial charge is 0.251 e. The molecule has 2 atom stereocenters. The topological polar surface area (TPSA) is 88.1 Å². The first kappa shape index (κ1) is 18.1. The lowest BCUT2D eigenvalue weighted by atomic mass is 9.90. The molecular weight excluding hydrogens is 330 g/mol. The second kappa shape index (κ2) is 8.14. The van der Waals surface area contributed by atoms with Crippen LogP contribution in [-0.2, 0) is 18.4 Å². The molecule has 138 valence electrons. The average molecular weight is 355 g/mol. The Morgan fingerprint density at radius 1 is 1.23 bits per heavy atom. The predicted molar refractivity (Wildman–Crippen MR) is 98.6 cm³/mol. The molecular formula is C19H25N5O2. The van der Waals surface area contributed by atoms with Gasteiger partial charge in [0.2, 0.25) is 5.91 Å². The van der Waals surface area contributed by atoms with Gasteiger partial charge in [0.1, 0.15) is 0 Å². The van der Waals surface area contributed by atoms with Crippen molar-refractivity contribution in [2.24, 2.45) is 13.0 Å². The number of nitrogens with one attached hydrogen (secondary N) is 3. The molecule has 2 aromatic rings. The lowest BCUT2D eigenvalue weighted by Crippen LogP contribution is -2.34. The number of carbonyl (C=O) groups is 2. The van der Waals surface area contributed by atoms with Gasteiger partial charge in [0.05, 0.1) is 12.1 Å². The van der Waals surface area contributed by atoms with Crippen molar-refractivity contribution in [3.8, 4) is 0 Å². The number of rotatable bonds is 6. The van der Waals surface area contributed by atoms with E-state index in [4.69, 9.17) is 0 Å². The molecule has 7 heteroatoms. The largest absolute Gasteiger partial charge is 0.352 e. The van der Waals surface area contributed by atoms with Gasteiger partial charge in [-0.3, -0.25) is 14.3 Å². The molecule has 0 spiro atoms. The van der Waals surface area contributed by atoms with Crippen LogP contribution in [0.5, 0.6) is 0 Å². The maximum atomic E-state index is 12.6. The van der Waals surface area contributed by atoms with Crippen molar-refractivity contribution in [1.29, 1.82) is 0 Å². The van der Waals surface area contributed by atoms with Crippen LogP contribution in [0.2, 0.25) is 0 Å². The summed E-state index contributed by atoms with van der Waals surface area (Å²) in [5.74, 6) is -0.00583. The number of aromatic nitrogens is 2. The van der Waals surface area contributed by atoms with E-state index >= 15 is 0 Å². The lowest BCUT2D eigenvalue weighted by molar-refractivity contribution is -0.125. The van der Waals surface area contributed by atoms with Crippen molar-refractivity contribution >= 4 is 11.8 Å². The standard InChI is InChI=1S/C19H25N5O2/c1-3-21-18(25)14-6-4-13(5-7-14)8-22-19(26)17-11-20-10-16(17)15-9-23-24(2)12-15/h4-7,9,12,16-17,20H,3,8,10-11H2,1-2H3,(H,21,25)(H,22,26)/t16-,17+/m1/s1. The Morgan fingerprint density at radius 2 is 2.00 bits per heavy atom. The molecule has 1 aliphatic rings. The Morgan fingerprint density at radius 3 is 2.65 bits per heavy atom. The fourth-order valence-corrected chi connectivity index (χ4v) is 3.29. The second-order valence-corrected chi connectivity index (χ2v) is 6.59. The molecule has 0 aliphatic carbocycles. The molecule has 7 nitrogen and oxygen atoms in total. The minimum atomic E-state index is -0.103. The molecule has 0 bridgehead atoms. The van der Waals surface area contributed by atoms with E-state index in [0.29, 0.717) is 25.2 Å². The number of nitrogens with zero attached hydrogens (tertiary/aromatic N) is 2. The molecule has 1 saturated heterocycles. The van der Waals surface area contributed by atoms with Crippen LogP contribution < -0.4 is 16.0 Å². The molecule has 0 unspecified atom stereocenters. The minimum Gasteiger partial charge on any atom is -0.352 e. The first-order chi connectivity index (χ1) is 12.6. The van der Waals surface area contributed by atoms with E-state index in [9.17, 15) is 9.59 Å². The van der Waals surface area contributed by atoms with Crippen LogP contribution in [0.3, 0.4) is 0 Å². The summed E-state index contributed by atoms with van der Waals surface area (Å²) in [6.45, 7) is 4.39. The quantitative estimate of drug-likeness (QED) is 0.715. The SMILES string of the molecule is CCNC(=O)c1ccc(CNC(=O)[C@H]2CNC[C@@H]2c2cnn(C)c2)cc1. The lowest BCUT2D eigenvalue weighted by Gasteiger charge is -2.17. The van der Waals surface area contributed by atoms with Crippen LogP contribution in [0.4, 0.5) is 0 Å². The van der Waals surface area contributed by atoms with Gasteiger partial charge in [0.25, 0.3) is 5.91 Å². The zero-order valence-electron chi connectivity index (χ0n) is 15.2. The Hall–Kier alpha value is -2.67. The van der Waals surface area contributed by atoms with Gasteiger partial charge in [-0.1, -0.05) is 12.1 Å². The summed E-state index contributed by atoms with van der Waals surface area (Å²) in [5.41, 5.74) is 2.68. The highest BCUT2D eigenvalue weighted by atomic mass is 16.2. The number of hydrogen-bond donors (Lipinski definition) is 3. The van der Waals surface area contributed by atoms with E-state index in [-0.39, 0.29) is 23.7 Å². The fraction of sp³-hybridized carbons (Fsp3) is 0.421. The van der Waals surface area contributed by atoms with Crippen molar-refractivity contribution in [1.82, 2.24) is 25.7 Å². The number of carbonyl (C=O) groups excluding carboxylic acids is 2. The van der Waals surface area contributed by atoms with Gasteiger partial charge in [0, 0.05) is 50.9 Å². The summed E-state index contributed by atoms with van der Waals surface area (Å²) in [6.07, 6.45) is 3.80. The molecule has 1 aromatic heterocycles. The maximum absolute atomic E-state index is 12.6. The van der Waals surface area contributed by atoms with E-state index in [2.05, 4.69) is 21.0 Å². The average Bonchev–Trinajstić information content (AvgIpc) is 3.29.